The summed E-state index contributed by atoms with van der Waals surface area (Å²) in [6.45, 7) is 0. The zero-order valence-electron chi connectivity index (χ0n) is 12.7. The summed E-state index contributed by atoms with van der Waals surface area (Å²) in [6.07, 6.45) is 11.4. The topological polar surface area (TPSA) is 20.3 Å². The van der Waals surface area contributed by atoms with E-state index in [4.69, 9.17) is 23.8 Å². The van der Waals surface area contributed by atoms with Crippen molar-refractivity contribution in [3.63, 3.8) is 0 Å². The number of hydrogen-bond donors (Lipinski definition) is 0. The molecule has 0 N–H and O–H groups in total. The molecule has 120 valence electrons. The maximum absolute atomic E-state index is 12.6. The highest BCUT2D eigenvalue weighted by atomic mass is 35.5. The molecule has 1 heterocycles. The SMILES string of the molecule is O=C1/C(=C/C=C/c2ccccc2Cl)SC(=S)N1C1CCCCC1. The van der Waals surface area contributed by atoms with Crippen molar-refractivity contribution in [3.05, 3.63) is 51.9 Å². The average Bonchev–Trinajstić information content (AvgIpc) is 2.84. The van der Waals surface area contributed by atoms with E-state index < -0.39 is 0 Å². The van der Waals surface area contributed by atoms with Crippen LogP contribution in [0.3, 0.4) is 0 Å². The number of rotatable bonds is 3. The van der Waals surface area contributed by atoms with Gasteiger partial charge in [0.2, 0.25) is 0 Å². The van der Waals surface area contributed by atoms with Crippen molar-refractivity contribution in [2.75, 3.05) is 0 Å². The van der Waals surface area contributed by atoms with Crippen molar-refractivity contribution in [3.8, 4) is 0 Å². The number of amides is 1. The van der Waals surface area contributed by atoms with Gasteiger partial charge in [-0.3, -0.25) is 9.69 Å². The highest BCUT2D eigenvalue weighted by Crippen LogP contribution is 2.36. The van der Waals surface area contributed by atoms with Crippen molar-refractivity contribution >= 4 is 51.9 Å². The van der Waals surface area contributed by atoms with E-state index >= 15 is 0 Å². The fourth-order valence-corrected chi connectivity index (χ4v) is 4.55. The van der Waals surface area contributed by atoms with Gasteiger partial charge in [-0.15, -0.1) is 0 Å². The minimum absolute atomic E-state index is 0.0516. The molecule has 2 aliphatic rings. The Morgan fingerprint density at radius 1 is 1.22 bits per heavy atom. The molecular formula is C18H18ClNOS2. The fourth-order valence-electron chi connectivity index (χ4n) is 3.00. The first-order valence-electron chi connectivity index (χ1n) is 7.85. The predicted molar refractivity (Wildman–Crippen MR) is 102 cm³/mol. The second-order valence-electron chi connectivity index (χ2n) is 5.75. The molecule has 1 amide bonds. The van der Waals surface area contributed by atoms with E-state index in [1.165, 1.54) is 31.0 Å². The van der Waals surface area contributed by atoms with Gasteiger partial charge >= 0.3 is 0 Å². The van der Waals surface area contributed by atoms with Crippen LogP contribution in [0.4, 0.5) is 0 Å². The minimum Gasteiger partial charge on any atom is -0.290 e. The Hall–Kier alpha value is -1.10. The normalized spacial score (nSPS) is 21.8. The molecule has 2 nitrogen and oxygen atoms in total. The highest BCUT2D eigenvalue weighted by molar-refractivity contribution is 8.26. The molecular weight excluding hydrogens is 346 g/mol. The van der Waals surface area contributed by atoms with Gasteiger partial charge in [-0.2, -0.15) is 0 Å². The van der Waals surface area contributed by atoms with Crippen LogP contribution in [0, 0.1) is 0 Å². The summed E-state index contributed by atoms with van der Waals surface area (Å²) in [6, 6.07) is 7.92. The number of carbonyl (C=O) groups excluding carboxylic acids is 1. The van der Waals surface area contributed by atoms with E-state index in [2.05, 4.69) is 0 Å². The van der Waals surface area contributed by atoms with Gasteiger partial charge in [0, 0.05) is 11.1 Å². The van der Waals surface area contributed by atoms with E-state index in [0.29, 0.717) is 14.2 Å². The first-order valence-corrected chi connectivity index (χ1v) is 9.45. The van der Waals surface area contributed by atoms with Crippen molar-refractivity contribution in [2.24, 2.45) is 0 Å². The van der Waals surface area contributed by atoms with Crippen LogP contribution < -0.4 is 0 Å². The number of thioether (sulfide) groups is 1. The smallest absolute Gasteiger partial charge is 0.266 e. The number of carbonyl (C=O) groups is 1. The zero-order valence-corrected chi connectivity index (χ0v) is 15.1. The molecule has 1 saturated carbocycles. The van der Waals surface area contributed by atoms with Crippen molar-refractivity contribution in [1.82, 2.24) is 4.90 Å². The Morgan fingerprint density at radius 3 is 2.70 bits per heavy atom. The van der Waals surface area contributed by atoms with Gasteiger partial charge < -0.3 is 0 Å². The average molecular weight is 364 g/mol. The van der Waals surface area contributed by atoms with Crippen LogP contribution in [0.15, 0.2) is 41.3 Å². The maximum atomic E-state index is 12.6. The quantitative estimate of drug-likeness (QED) is 0.527. The van der Waals surface area contributed by atoms with Gasteiger partial charge in [0.05, 0.1) is 4.91 Å². The molecule has 3 rings (SSSR count). The standard InChI is InChI=1S/C18H18ClNOS2/c19-15-11-5-4-7-13(15)8-6-12-16-17(21)20(18(22)23-16)14-9-2-1-3-10-14/h4-8,11-12,14H,1-3,9-10H2/b8-6+,16-12-. The largest absolute Gasteiger partial charge is 0.290 e. The number of benzene rings is 1. The lowest BCUT2D eigenvalue weighted by Crippen LogP contribution is -2.39. The lowest BCUT2D eigenvalue weighted by molar-refractivity contribution is -0.124. The molecule has 0 atom stereocenters. The summed E-state index contributed by atoms with van der Waals surface area (Å²) in [5, 5.41) is 0.701. The lowest BCUT2D eigenvalue weighted by Gasteiger charge is -2.29. The van der Waals surface area contributed by atoms with Crippen LogP contribution in [0.1, 0.15) is 37.7 Å². The van der Waals surface area contributed by atoms with Crippen LogP contribution in [-0.2, 0) is 4.79 Å². The van der Waals surface area contributed by atoms with Crippen LogP contribution in [-0.4, -0.2) is 21.2 Å². The first kappa shape index (κ1) is 16.7. The Morgan fingerprint density at radius 2 is 1.96 bits per heavy atom. The zero-order chi connectivity index (χ0) is 16.2. The molecule has 23 heavy (non-hydrogen) atoms. The molecule has 1 aromatic rings. The van der Waals surface area contributed by atoms with Crippen LogP contribution >= 0.6 is 35.6 Å². The molecule has 5 heteroatoms. The van der Waals surface area contributed by atoms with E-state index in [1.54, 1.807) is 0 Å². The third kappa shape index (κ3) is 3.87. The summed E-state index contributed by atoms with van der Waals surface area (Å²) < 4.78 is 0.694. The second-order valence-corrected chi connectivity index (χ2v) is 7.83. The van der Waals surface area contributed by atoms with E-state index in [0.717, 1.165) is 18.4 Å². The summed E-state index contributed by atoms with van der Waals surface area (Å²) in [7, 11) is 0. The van der Waals surface area contributed by atoms with Gasteiger partial charge in [-0.25, -0.2) is 0 Å². The van der Waals surface area contributed by atoms with Crippen LogP contribution in [0.2, 0.25) is 5.02 Å². The molecule has 1 aliphatic carbocycles. The molecule has 1 aliphatic heterocycles. The molecule has 2 fully saturated rings. The summed E-state index contributed by atoms with van der Waals surface area (Å²) in [4.78, 5) is 15.1. The van der Waals surface area contributed by atoms with Gasteiger partial charge in [0.1, 0.15) is 4.32 Å². The third-order valence-corrected chi connectivity index (χ3v) is 5.88. The molecule has 1 aromatic carbocycles. The van der Waals surface area contributed by atoms with Crippen molar-refractivity contribution < 1.29 is 4.79 Å². The van der Waals surface area contributed by atoms with Gasteiger partial charge in [0.15, 0.2) is 0 Å². The van der Waals surface area contributed by atoms with Crippen LogP contribution in [0.5, 0.6) is 0 Å². The molecule has 0 bridgehead atoms. The molecule has 0 radical (unpaired) electrons. The van der Waals surface area contributed by atoms with Gasteiger partial charge in [-0.05, 0) is 30.5 Å². The Labute approximate surface area is 151 Å². The molecule has 1 saturated heterocycles. The summed E-state index contributed by atoms with van der Waals surface area (Å²) in [5.41, 5.74) is 0.938. The second kappa shape index (κ2) is 7.65. The minimum atomic E-state index is 0.0516. The predicted octanol–water partition coefficient (Wildman–Crippen LogP) is 5.43. The Balaban J connectivity index is 1.72. The Kier molecular flexibility index (Phi) is 5.57. The molecule has 0 aromatic heterocycles. The van der Waals surface area contributed by atoms with E-state index in [1.807, 2.05) is 47.4 Å². The number of thiocarbonyl (C=S) groups is 1. The van der Waals surface area contributed by atoms with Crippen molar-refractivity contribution in [2.45, 2.75) is 38.1 Å². The maximum Gasteiger partial charge on any atom is 0.266 e. The van der Waals surface area contributed by atoms with Crippen LogP contribution in [0.25, 0.3) is 6.08 Å². The van der Waals surface area contributed by atoms with E-state index in [9.17, 15) is 4.79 Å². The van der Waals surface area contributed by atoms with E-state index in [-0.39, 0.29) is 11.9 Å². The third-order valence-electron chi connectivity index (χ3n) is 4.19. The first-order chi connectivity index (χ1) is 11.2. The Bertz CT molecular complexity index is 677. The molecule has 0 spiro atoms. The summed E-state index contributed by atoms with van der Waals surface area (Å²) >= 11 is 12.9. The number of hydrogen-bond acceptors (Lipinski definition) is 3. The molecule has 0 unspecified atom stereocenters. The number of allylic oxidation sites excluding steroid dienone is 2. The lowest BCUT2D eigenvalue weighted by atomic mass is 9.94. The monoisotopic (exact) mass is 363 g/mol. The van der Waals surface area contributed by atoms with Gasteiger partial charge in [0.25, 0.3) is 5.91 Å². The number of halogens is 1. The highest BCUT2D eigenvalue weighted by Gasteiger charge is 2.37. The van der Waals surface area contributed by atoms with Gasteiger partial charge in [-0.1, -0.05) is 85.2 Å². The fraction of sp³-hybridized carbons (Fsp3) is 0.333. The van der Waals surface area contributed by atoms with Crippen molar-refractivity contribution in [1.29, 1.82) is 0 Å². The summed E-state index contributed by atoms with van der Waals surface area (Å²) in [5.74, 6) is 0.0516. The number of nitrogens with zero attached hydrogens (tertiary/aromatic N) is 1.